The lowest BCUT2D eigenvalue weighted by Gasteiger charge is -1.99. The zero-order valence-corrected chi connectivity index (χ0v) is 9.64. The summed E-state index contributed by atoms with van der Waals surface area (Å²) in [5.74, 6) is 0. The van der Waals surface area contributed by atoms with E-state index in [-0.39, 0.29) is 0 Å². The van der Waals surface area contributed by atoms with Crippen LogP contribution in [0, 0.1) is 6.92 Å². The molecule has 2 heterocycles. The van der Waals surface area contributed by atoms with Crippen LogP contribution in [0.5, 0.6) is 0 Å². The zero-order chi connectivity index (χ0) is 10.7. The van der Waals surface area contributed by atoms with Crippen LogP contribution in [0.2, 0.25) is 0 Å². The van der Waals surface area contributed by atoms with Gasteiger partial charge in [0.05, 0.1) is 4.88 Å². The minimum Gasteiger partial charge on any atom is -0.362 e. The van der Waals surface area contributed by atoms with E-state index in [2.05, 4.69) is 29.1 Å². The molecule has 0 aliphatic rings. The Morgan fingerprint density at radius 3 is 3.00 bits per heavy atom. The fourth-order valence-electron chi connectivity index (χ4n) is 1.35. The van der Waals surface area contributed by atoms with Gasteiger partial charge in [-0.3, -0.25) is 4.98 Å². The van der Waals surface area contributed by atoms with Crippen molar-refractivity contribution in [2.45, 2.75) is 13.8 Å². The van der Waals surface area contributed by atoms with Gasteiger partial charge in [0.2, 0.25) is 0 Å². The van der Waals surface area contributed by atoms with E-state index in [1.807, 2.05) is 24.7 Å². The Balaban J connectivity index is 2.33. The SMILES string of the molecule is CCNc1ncc(-c2cnccc2C)s1. The van der Waals surface area contributed by atoms with Gasteiger partial charge < -0.3 is 5.32 Å². The van der Waals surface area contributed by atoms with Gasteiger partial charge in [0.15, 0.2) is 5.13 Å². The number of aryl methyl sites for hydroxylation is 1. The molecule has 4 heteroatoms. The highest BCUT2D eigenvalue weighted by Gasteiger charge is 2.05. The number of hydrogen-bond donors (Lipinski definition) is 1. The second-order valence-corrected chi connectivity index (χ2v) is 4.28. The lowest BCUT2D eigenvalue weighted by Crippen LogP contribution is -1.94. The summed E-state index contributed by atoms with van der Waals surface area (Å²) in [6.07, 6.45) is 5.59. The van der Waals surface area contributed by atoms with Crippen molar-refractivity contribution >= 4 is 16.5 Å². The van der Waals surface area contributed by atoms with Crippen molar-refractivity contribution in [3.05, 3.63) is 30.2 Å². The zero-order valence-electron chi connectivity index (χ0n) is 8.82. The molecular weight excluding hydrogens is 206 g/mol. The number of aromatic nitrogens is 2. The molecule has 0 radical (unpaired) electrons. The number of anilines is 1. The van der Waals surface area contributed by atoms with Crippen LogP contribution < -0.4 is 5.32 Å². The molecule has 2 rings (SSSR count). The van der Waals surface area contributed by atoms with Gasteiger partial charge in [0.1, 0.15) is 0 Å². The van der Waals surface area contributed by atoms with Crippen molar-refractivity contribution in [1.29, 1.82) is 0 Å². The standard InChI is InChI=1S/C11H13N3S/c1-3-13-11-14-7-10(15-11)9-6-12-5-4-8(9)2/h4-7H,3H2,1-2H3,(H,13,14). The van der Waals surface area contributed by atoms with Crippen LogP contribution in [0.4, 0.5) is 5.13 Å². The molecule has 0 bridgehead atoms. The number of nitrogens with zero attached hydrogens (tertiary/aromatic N) is 2. The average Bonchev–Trinajstić information content (AvgIpc) is 2.68. The Bertz CT molecular complexity index is 451. The monoisotopic (exact) mass is 219 g/mol. The molecule has 0 aliphatic heterocycles. The minimum atomic E-state index is 0.902. The van der Waals surface area contributed by atoms with E-state index in [0.717, 1.165) is 16.6 Å². The highest BCUT2D eigenvalue weighted by Crippen LogP contribution is 2.30. The normalized spacial score (nSPS) is 10.3. The minimum absolute atomic E-state index is 0.902. The second kappa shape index (κ2) is 4.40. The first-order valence-electron chi connectivity index (χ1n) is 4.92. The molecule has 0 amide bonds. The van der Waals surface area contributed by atoms with Crippen molar-refractivity contribution in [1.82, 2.24) is 9.97 Å². The highest BCUT2D eigenvalue weighted by molar-refractivity contribution is 7.18. The molecule has 2 aromatic heterocycles. The fourth-order valence-corrected chi connectivity index (χ4v) is 2.31. The number of hydrogen-bond acceptors (Lipinski definition) is 4. The van der Waals surface area contributed by atoms with Gasteiger partial charge >= 0.3 is 0 Å². The number of pyridine rings is 1. The summed E-state index contributed by atoms with van der Waals surface area (Å²) < 4.78 is 0. The van der Waals surface area contributed by atoms with E-state index in [1.54, 1.807) is 11.3 Å². The van der Waals surface area contributed by atoms with Crippen LogP contribution in [-0.2, 0) is 0 Å². The van der Waals surface area contributed by atoms with Crippen LogP contribution in [0.25, 0.3) is 10.4 Å². The van der Waals surface area contributed by atoms with Crippen molar-refractivity contribution in [3.8, 4) is 10.4 Å². The van der Waals surface area contributed by atoms with Gasteiger partial charge in [-0.1, -0.05) is 11.3 Å². The lowest BCUT2D eigenvalue weighted by molar-refractivity contribution is 1.19. The third-order valence-electron chi connectivity index (χ3n) is 2.14. The molecule has 0 fully saturated rings. The van der Waals surface area contributed by atoms with E-state index in [4.69, 9.17) is 0 Å². The summed E-state index contributed by atoms with van der Waals surface area (Å²) in [6, 6.07) is 2.02. The maximum absolute atomic E-state index is 4.30. The quantitative estimate of drug-likeness (QED) is 0.862. The van der Waals surface area contributed by atoms with E-state index in [9.17, 15) is 0 Å². The van der Waals surface area contributed by atoms with E-state index < -0.39 is 0 Å². The molecule has 1 N–H and O–H groups in total. The molecule has 0 unspecified atom stereocenters. The Labute approximate surface area is 93.2 Å². The lowest BCUT2D eigenvalue weighted by atomic mass is 10.1. The maximum atomic E-state index is 4.30. The van der Waals surface area contributed by atoms with Crippen LogP contribution in [0.1, 0.15) is 12.5 Å². The Hall–Kier alpha value is -1.42. The molecular formula is C11H13N3S. The molecule has 78 valence electrons. The smallest absolute Gasteiger partial charge is 0.183 e. The Morgan fingerprint density at radius 1 is 1.40 bits per heavy atom. The Kier molecular flexibility index (Phi) is 2.97. The highest BCUT2D eigenvalue weighted by atomic mass is 32.1. The van der Waals surface area contributed by atoms with Gasteiger partial charge in [0.25, 0.3) is 0 Å². The number of rotatable bonds is 3. The van der Waals surface area contributed by atoms with Crippen LogP contribution in [0.15, 0.2) is 24.7 Å². The van der Waals surface area contributed by atoms with Crippen LogP contribution >= 0.6 is 11.3 Å². The first kappa shape index (κ1) is 10.1. The van der Waals surface area contributed by atoms with Crippen molar-refractivity contribution in [3.63, 3.8) is 0 Å². The average molecular weight is 219 g/mol. The van der Waals surface area contributed by atoms with E-state index in [1.165, 1.54) is 11.1 Å². The summed E-state index contributed by atoms with van der Waals surface area (Å²) in [4.78, 5) is 9.60. The molecule has 0 spiro atoms. The van der Waals surface area contributed by atoms with Crippen LogP contribution in [0.3, 0.4) is 0 Å². The molecule has 0 atom stereocenters. The molecule has 0 saturated carbocycles. The van der Waals surface area contributed by atoms with Crippen molar-refractivity contribution in [2.24, 2.45) is 0 Å². The summed E-state index contributed by atoms with van der Waals surface area (Å²) in [5, 5.41) is 4.17. The van der Waals surface area contributed by atoms with Crippen molar-refractivity contribution in [2.75, 3.05) is 11.9 Å². The molecule has 3 nitrogen and oxygen atoms in total. The number of nitrogens with one attached hydrogen (secondary N) is 1. The molecule has 2 aromatic rings. The van der Waals surface area contributed by atoms with E-state index >= 15 is 0 Å². The summed E-state index contributed by atoms with van der Waals surface area (Å²) in [6.45, 7) is 5.05. The van der Waals surface area contributed by atoms with Gasteiger partial charge in [-0.25, -0.2) is 4.98 Å². The predicted molar refractivity (Wildman–Crippen MR) is 64.2 cm³/mol. The third kappa shape index (κ3) is 2.15. The van der Waals surface area contributed by atoms with E-state index in [0.29, 0.717) is 0 Å². The van der Waals surface area contributed by atoms with Crippen LogP contribution in [-0.4, -0.2) is 16.5 Å². The second-order valence-electron chi connectivity index (χ2n) is 3.25. The van der Waals surface area contributed by atoms with Crippen molar-refractivity contribution < 1.29 is 0 Å². The first-order valence-corrected chi connectivity index (χ1v) is 5.73. The third-order valence-corrected chi connectivity index (χ3v) is 3.13. The van der Waals surface area contributed by atoms with Gasteiger partial charge in [0, 0.05) is 30.7 Å². The van der Waals surface area contributed by atoms with Gasteiger partial charge in [-0.2, -0.15) is 0 Å². The largest absolute Gasteiger partial charge is 0.362 e. The molecule has 0 saturated heterocycles. The molecule has 0 aromatic carbocycles. The predicted octanol–water partition coefficient (Wildman–Crippen LogP) is 2.95. The molecule has 0 aliphatic carbocycles. The Morgan fingerprint density at radius 2 is 2.27 bits per heavy atom. The summed E-state index contributed by atoms with van der Waals surface area (Å²) in [7, 11) is 0. The first-order chi connectivity index (χ1) is 7.31. The van der Waals surface area contributed by atoms with Gasteiger partial charge in [-0.05, 0) is 25.5 Å². The topological polar surface area (TPSA) is 37.8 Å². The fraction of sp³-hybridized carbons (Fsp3) is 0.273. The maximum Gasteiger partial charge on any atom is 0.183 e. The summed E-state index contributed by atoms with van der Waals surface area (Å²) >= 11 is 1.66. The number of thiazole rings is 1. The van der Waals surface area contributed by atoms with Gasteiger partial charge in [-0.15, -0.1) is 0 Å². The molecule has 15 heavy (non-hydrogen) atoms. The summed E-state index contributed by atoms with van der Waals surface area (Å²) in [5.41, 5.74) is 2.40.